The Bertz CT molecular complexity index is 1040. The van der Waals surface area contributed by atoms with Gasteiger partial charge in [-0.25, -0.2) is 4.79 Å². The van der Waals surface area contributed by atoms with Crippen molar-refractivity contribution < 1.29 is 24.3 Å². The summed E-state index contributed by atoms with van der Waals surface area (Å²) in [5.41, 5.74) is 11.3. The number of guanidine groups is 1. The third-order valence-electron chi connectivity index (χ3n) is 7.73. The second-order valence-electron chi connectivity index (χ2n) is 10.4. The second-order valence-corrected chi connectivity index (χ2v) is 11.7. The molecule has 3 saturated heterocycles. The van der Waals surface area contributed by atoms with Crippen LogP contribution in [0.4, 0.5) is 0 Å². The minimum absolute atomic E-state index is 0.00103. The van der Waals surface area contributed by atoms with Crippen molar-refractivity contribution in [2.24, 2.45) is 23.3 Å². The van der Waals surface area contributed by atoms with E-state index >= 15 is 0 Å². The third kappa shape index (κ3) is 5.14. The lowest BCUT2D eigenvalue weighted by Gasteiger charge is -2.47. The third-order valence-corrected chi connectivity index (χ3v) is 9.24. The number of amides is 3. The zero-order valence-electron chi connectivity index (χ0n) is 21.3. The Kier molecular flexibility index (Phi) is 7.72. The van der Waals surface area contributed by atoms with Crippen molar-refractivity contribution in [2.45, 2.75) is 56.1 Å². The lowest BCUT2D eigenvalue weighted by molar-refractivity contribution is -0.158. The maximum Gasteiger partial charge on any atom is 0.353 e. The van der Waals surface area contributed by atoms with Crippen LogP contribution in [0.1, 0.15) is 26.7 Å². The zero-order chi connectivity index (χ0) is 27.2. The zero-order valence-corrected chi connectivity index (χ0v) is 22.1. The molecule has 14 heteroatoms. The number of hydrogen-bond acceptors (Lipinski definition) is 8. The molecule has 0 unspecified atom stereocenters. The van der Waals surface area contributed by atoms with Crippen molar-refractivity contribution in [1.29, 1.82) is 5.41 Å². The number of likely N-dealkylation sites (tertiary alicyclic amines) is 1. The Labute approximate surface area is 219 Å². The molecule has 37 heavy (non-hydrogen) atoms. The van der Waals surface area contributed by atoms with E-state index in [1.165, 1.54) is 28.6 Å². The number of nitrogens with one attached hydrogen (secondary N) is 3. The molecule has 204 valence electrons. The molecular formula is C23H36N8O5S. The van der Waals surface area contributed by atoms with E-state index in [1.807, 2.05) is 6.92 Å². The summed E-state index contributed by atoms with van der Waals surface area (Å²) in [6, 6.07) is -1.22. The van der Waals surface area contributed by atoms with Crippen molar-refractivity contribution in [2.75, 3.05) is 33.2 Å². The number of nitrogens with two attached hydrogens (primary N) is 2. The van der Waals surface area contributed by atoms with Gasteiger partial charge in [0.1, 0.15) is 5.70 Å². The lowest BCUT2D eigenvalue weighted by atomic mass is 9.78. The van der Waals surface area contributed by atoms with Crippen LogP contribution < -0.4 is 22.1 Å². The van der Waals surface area contributed by atoms with Gasteiger partial charge in [0.2, 0.25) is 17.7 Å². The van der Waals surface area contributed by atoms with Gasteiger partial charge in [0.25, 0.3) is 0 Å². The predicted molar refractivity (Wildman–Crippen MR) is 137 cm³/mol. The molecule has 4 aliphatic rings. The van der Waals surface area contributed by atoms with Crippen LogP contribution in [0.5, 0.6) is 0 Å². The molecule has 0 spiro atoms. The number of carbonyl (C=O) groups is 4. The van der Waals surface area contributed by atoms with Crippen molar-refractivity contribution in [3.63, 3.8) is 0 Å². The fraction of sp³-hybridized carbons (Fsp3) is 0.696. The van der Waals surface area contributed by atoms with Gasteiger partial charge in [-0.2, -0.15) is 0 Å². The highest BCUT2D eigenvalue weighted by Crippen LogP contribution is 2.51. The number of rotatable bonds is 8. The van der Waals surface area contributed by atoms with Gasteiger partial charge in [0.05, 0.1) is 24.5 Å². The lowest BCUT2D eigenvalue weighted by Crippen LogP contribution is -2.66. The molecule has 13 nitrogen and oxygen atoms in total. The number of fused-ring (bicyclic) bond motifs is 1. The summed E-state index contributed by atoms with van der Waals surface area (Å²) < 4.78 is 0. The summed E-state index contributed by atoms with van der Waals surface area (Å²) in [6.45, 7) is 5.28. The number of carbonyl (C=O) groups excluding carboxylic acids is 3. The van der Waals surface area contributed by atoms with Crippen molar-refractivity contribution in [3.8, 4) is 0 Å². The predicted octanol–water partition coefficient (Wildman–Crippen LogP) is -1.89. The standard InChI is InChI=1S/C23H36N8O5S/c1-10-17-16(11(2)28-15(32)9-29(3)23(25)26)21(34)31(17)18(22(35)36)19(10)37-13-6-14(27-7-13)20(33)30-5-4-12(24)8-30/h10-14,16-17,27H,4-9,24H2,1-3H3,(H3,25,26)(H,28,32)(H,35,36)/t10-,11-,12-,13+,14+,16-,17-/m1/s1. The molecule has 0 aromatic rings. The van der Waals surface area contributed by atoms with Crippen LogP contribution in [0, 0.1) is 17.2 Å². The van der Waals surface area contributed by atoms with Crippen molar-refractivity contribution in [1.82, 2.24) is 25.3 Å². The smallest absolute Gasteiger partial charge is 0.353 e. The van der Waals surface area contributed by atoms with Gasteiger partial charge in [0.15, 0.2) is 5.96 Å². The molecule has 4 rings (SSSR count). The monoisotopic (exact) mass is 536 g/mol. The Hall–Kier alpha value is -2.84. The number of thioether (sulfide) groups is 1. The van der Waals surface area contributed by atoms with E-state index in [9.17, 15) is 24.3 Å². The van der Waals surface area contributed by atoms with Gasteiger partial charge < -0.3 is 41.9 Å². The van der Waals surface area contributed by atoms with E-state index < -0.39 is 17.9 Å². The summed E-state index contributed by atoms with van der Waals surface area (Å²) in [6.07, 6.45) is 1.36. The van der Waals surface area contributed by atoms with Crippen molar-refractivity contribution in [3.05, 3.63) is 10.6 Å². The van der Waals surface area contributed by atoms with E-state index in [4.69, 9.17) is 16.9 Å². The molecule has 0 aromatic heterocycles. The molecule has 0 aliphatic carbocycles. The fourth-order valence-electron chi connectivity index (χ4n) is 5.76. The van der Waals surface area contributed by atoms with E-state index in [0.717, 1.165) is 6.42 Å². The van der Waals surface area contributed by atoms with Gasteiger partial charge in [-0.15, -0.1) is 11.8 Å². The summed E-state index contributed by atoms with van der Waals surface area (Å²) in [5, 5.41) is 23.4. The second kappa shape index (κ2) is 10.5. The SMILES string of the molecule is C[C@@H](NC(=O)CN(C)C(=N)N)[C@H]1C(=O)N2C(C(=O)O)=C(S[C@@H]3CN[C@H](C(=O)N4CC[C@@H](N)C4)C3)[C@H](C)[C@H]12. The van der Waals surface area contributed by atoms with Crippen LogP contribution in [-0.4, -0.2) is 112 Å². The number of likely N-dealkylation sites (N-methyl/N-ethyl adjacent to an activating group) is 1. The highest BCUT2D eigenvalue weighted by atomic mass is 32.2. The number of β-lactam (4-membered cyclic amide) rings is 1. The molecule has 0 bridgehead atoms. The van der Waals surface area contributed by atoms with Crippen LogP contribution in [-0.2, 0) is 19.2 Å². The summed E-state index contributed by atoms with van der Waals surface area (Å²) in [4.78, 5) is 55.6. The summed E-state index contributed by atoms with van der Waals surface area (Å²) >= 11 is 1.43. The number of nitrogens with zero attached hydrogens (tertiary/aromatic N) is 3. The van der Waals surface area contributed by atoms with Crippen LogP contribution in [0.3, 0.4) is 0 Å². The molecule has 3 fully saturated rings. The first-order valence-electron chi connectivity index (χ1n) is 12.5. The van der Waals surface area contributed by atoms with Crippen molar-refractivity contribution >= 4 is 41.4 Å². The van der Waals surface area contributed by atoms with E-state index in [-0.39, 0.29) is 65.2 Å². The molecular weight excluding hydrogens is 500 g/mol. The molecule has 4 heterocycles. The maximum absolute atomic E-state index is 13.1. The average molecular weight is 537 g/mol. The Morgan fingerprint density at radius 2 is 2.08 bits per heavy atom. The van der Waals surface area contributed by atoms with Gasteiger partial charge >= 0.3 is 5.97 Å². The van der Waals surface area contributed by atoms with E-state index in [1.54, 1.807) is 11.8 Å². The normalized spacial score (nSPS) is 31.7. The summed E-state index contributed by atoms with van der Waals surface area (Å²) in [7, 11) is 1.52. The molecule has 8 N–H and O–H groups in total. The fourth-order valence-corrected chi connectivity index (χ4v) is 7.23. The average Bonchev–Trinajstić information content (AvgIpc) is 3.51. The highest BCUT2D eigenvalue weighted by Gasteiger charge is 2.60. The van der Waals surface area contributed by atoms with Crippen LogP contribution in [0.2, 0.25) is 0 Å². The van der Waals surface area contributed by atoms with Crippen LogP contribution >= 0.6 is 11.8 Å². The first-order chi connectivity index (χ1) is 17.4. The molecule has 0 saturated carbocycles. The number of carboxylic acid groups (broad SMARTS) is 1. The Balaban J connectivity index is 1.41. The molecule has 4 aliphatic heterocycles. The van der Waals surface area contributed by atoms with Gasteiger partial charge in [-0.3, -0.25) is 19.8 Å². The van der Waals surface area contributed by atoms with Crippen LogP contribution in [0.15, 0.2) is 10.6 Å². The minimum Gasteiger partial charge on any atom is -0.477 e. The molecule has 7 atom stereocenters. The van der Waals surface area contributed by atoms with Crippen LogP contribution in [0.25, 0.3) is 0 Å². The number of carboxylic acids is 1. The van der Waals surface area contributed by atoms with Gasteiger partial charge in [-0.05, 0) is 19.8 Å². The van der Waals surface area contributed by atoms with E-state index in [2.05, 4.69) is 10.6 Å². The molecule has 0 aromatic carbocycles. The largest absolute Gasteiger partial charge is 0.477 e. The number of hydrogen-bond donors (Lipinski definition) is 6. The molecule has 0 radical (unpaired) electrons. The molecule has 3 amide bonds. The minimum atomic E-state index is -1.16. The topological polar surface area (TPSA) is 198 Å². The summed E-state index contributed by atoms with van der Waals surface area (Å²) in [5.74, 6) is -2.89. The maximum atomic E-state index is 13.1. The quantitative estimate of drug-likeness (QED) is 0.116. The van der Waals surface area contributed by atoms with E-state index in [0.29, 0.717) is 31.0 Å². The van der Waals surface area contributed by atoms with Gasteiger partial charge in [-0.1, -0.05) is 6.92 Å². The Morgan fingerprint density at radius 1 is 1.38 bits per heavy atom. The van der Waals surface area contributed by atoms with Gasteiger partial charge in [0, 0.05) is 54.8 Å². The first kappa shape index (κ1) is 27.2. The Morgan fingerprint density at radius 3 is 2.68 bits per heavy atom. The first-order valence-corrected chi connectivity index (χ1v) is 13.4. The highest BCUT2D eigenvalue weighted by molar-refractivity contribution is 8.03. The number of aliphatic carboxylic acids is 1.